The van der Waals surface area contributed by atoms with Crippen molar-refractivity contribution in [1.82, 2.24) is 15.6 Å². The Hall–Kier alpha value is -2.66. The quantitative estimate of drug-likeness (QED) is 0.738. The van der Waals surface area contributed by atoms with Gasteiger partial charge in [-0.1, -0.05) is 30.3 Å². The number of carbonyl (C=O) groups is 1. The molecule has 0 fully saturated rings. The van der Waals surface area contributed by atoms with E-state index in [1.807, 2.05) is 48.5 Å². The van der Waals surface area contributed by atoms with Crippen LogP contribution in [0.25, 0.3) is 0 Å². The number of nitrogens with one attached hydrogen (secondary N) is 2. The number of benzene rings is 1. The molecule has 0 radical (unpaired) electrons. The van der Waals surface area contributed by atoms with Crippen LogP contribution in [0.15, 0.2) is 67.0 Å². The average Bonchev–Trinajstić information content (AvgIpc) is 3.05. The number of aromatic nitrogens is 1. The third-order valence-electron chi connectivity index (χ3n) is 3.67. The van der Waals surface area contributed by atoms with Gasteiger partial charge in [0, 0.05) is 22.1 Å². The lowest BCUT2D eigenvalue weighted by atomic mass is 10.00. The minimum absolute atomic E-state index is 0.188. The Balaban J connectivity index is 1.71. The molecule has 0 aliphatic heterocycles. The number of thiophene rings is 1. The molecule has 1 aromatic carbocycles. The second-order valence-corrected chi connectivity index (χ2v) is 6.84. The van der Waals surface area contributed by atoms with E-state index in [4.69, 9.17) is 0 Å². The highest BCUT2D eigenvalue weighted by atomic mass is 32.1. The van der Waals surface area contributed by atoms with Crippen LogP contribution in [0.1, 0.15) is 26.9 Å². The van der Waals surface area contributed by atoms with Crippen molar-refractivity contribution < 1.29 is 4.79 Å². The number of urea groups is 1. The van der Waals surface area contributed by atoms with Crippen molar-refractivity contribution in [2.45, 2.75) is 19.5 Å². The maximum Gasteiger partial charge on any atom is 0.315 e. The Morgan fingerprint density at radius 1 is 1.04 bits per heavy atom. The van der Waals surface area contributed by atoms with Crippen molar-refractivity contribution in [2.75, 3.05) is 0 Å². The van der Waals surface area contributed by atoms with Crippen molar-refractivity contribution >= 4 is 17.4 Å². The molecule has 0 spiro atoms. The van der Waals surface area contributed by atoms with E-state index in [1.54, 1.807) is 23.7 Å². The normalized spacial score (nSPS) is 11.7. The molecule has 2 heterocycles. The molecule has 3 rings (SSSR count). The number of nitrogens with zero attached hydrogens (tertiary/aromatic N) is 1. The topological polar surface area (TPSA) is 54.0 Å². The highest BCUT2D eigenvalue weighted by Crippen LogP contribution is 2.21. The summed E-state index contributed by atoms with van der Waals surface area (Å²) in [7, 11) is 0. The van der Waals surface area contributed by atoms with Gasteiger partial charge in [-0.2, -0.15) is 0 Å². The maximum absolute atomic E-state index is 12.3. The smallest absolute Gasteiger partial charge is 0.315 e. The average molecular weight is 337 g/mol. The van der Waals surface area contributed by atoms with E-state index in [1.165, 1.54) is 4.88 Å². The third-order valence-corrected chi connectivity index (χ3v) is 4.67. The van der Waals surface area contributed by atoms with Gasteiger partial charge in [-0.3, -0.25) is 4.98 Å². The molecule has 5 heteroatoms. The summed E-state index contributed by atoms with van der Waals surface area (Å²) in [4.78, 5) is 18.8. The lowest BCUT2D eigenvalue weighted by Gasteiger charge is -2.20. The summed E-state index contributed by atoms with van der Waals surface area (Å²) in [6.07, 6.45) is 3.47. The van der Waals surface area contributed by atoms with Gasteiger partial charge in [-0.05, 0) is 42.3 Å². The number of amides is 2. The molecule has 0 saturated heterocycles. The van der Waals surface area contributed by atoms with Crippen molar-refractivity contribution in [1.29, 1.82) is 0 Å². The molecule has 24 heavy (non-hydrogen) atoms. The number of carbonyl (C=O) groups excluding carboxylic acids is 1. The molecule has 2 aromatic heterocycles. The molecule has 0 bridgehead atoms. The van der Waals surface area contributed by atoms with Gasteiger partial charge in [-0.25, -0.2) is 4.79 Å². The van der Waals surface area contributed by atoms with Crippen molar-refractivity contribution in [3.63, 3.8) is 0 Å². The summed E-state index contributed by atoms with van der Waals surface area (Å²) in [5.41, 5.74) is 2.03. The summed E-state index contributed by atoms with van der Waals surface area (Å²) in [5.74, 6) is 0. The first-order valence-electron chi connectivity index (χ1n) is 7.77. The summed E-state index contributed by atoms with van der Waals surface area (Å²) < 4.78 is 0. The van der Waals surface area contributed by atoms with Gasteiger partial charge in [0.1, 0.15) is 0 Å². The van der Waals surface area contributed by atoms with Gasteiger partial charge >= 0.3 is 6.03 Å². The largest absolute Gasteiger partial charge is 0.333 e. The van der Waals surface area contributed by atoms with E-state index in [9.17, 15) is 4.79 Å². The van der Waals surface area contributed by atoms with Gasteiger partial charge in [0.05, 0.1) is 12.6 Å². The molecule has 2 N–H and O–H groups in total. The SMILES string of the molecule is Cc1ccc(CNC(=O)N[C@@H](c2ccccc2)c2ccncc2)s1. The van der Waals surface area contributed by atoms with Gasteiger partial charge in [0.25, 0.3) is 0 Å². The van der Waals surface area contributed by atoms with Crippen LogP contribution in [0.3, 0.4) is 0 Å². The van der Waals surface area contributed by atoms with Crippen molar-refractivity contribution in [3.8, 4) is 0 Å². The van der Waals surface area contributed by atoms with Gasteiger partial charge in [0.15, 0.2) is 0 Å². The van der Waals surface area contributed by atoms with Gasteiger partial charge in [-0.15, -0.1) is 11.3 Å². The van der Waals surface area contributed by atoms with Crippen LogP contribution in [-0.2, 0) is 6.54 Å². The van der Waals surface area contributed by atoms with Crippen molar-refractivity contribution in [2.24, 2.45) is 0 Å². The first kappa shape index (κ1) is 16.2. The van der Waals surface area contributed by atoms with Crippen LogP contribution >= 0.6 is 11.3 Å². The molecule has 4 nitrogen and oxygen atoms in total. The molecule has 122 valence electrons. The van der Waals surface area contributed by atoms with Crippen LogP contribution in [0.4, 0.5) is 4.79 Å². The minimum atomic E-state index is -0.209. The van der Waals surface area contributed by atoms with Crippen LogP contribution in [0.2, 0.25) is 0 Å². The Bertz CT molecular complexity index is 747. The van der Waals surface area contributed by atoms with Crippen LogP contribution < -0.4 is 10.6 Å². The van der Waals surface area contributed by atoms with Crippen molar-refractivity contribution in [3.05, 3.63) is 87.9 Å². The Morgan fingerprint density at radius 2 is 1.75 bits per heavy atom. The molecule has 2 amide bonds. The zero-order valence-electron chi connectivity index (χ0n) is 13.4. The van der Waals surface area contributed by atoms with E-state index >= 15 is 0 Å². The second-order valence-electron chi connectivity index (χ2n) is 5.46. The Kier molecular flexibility index (Phi) is 5.23. The lowest BCUT2D eigenvalue weighted by Crippen LogP contribution is -2.37. The molecule has 0 aliphatic rings. The number of pyridine rings is 1. The van der Waals surface area contributed by atoms with Gasteiger partial charge < -0.3 is 10.6 Å². The lowest BCUT2D eigenvalue weighted by molar-refractivity contribution is 0.238. The minimum Gasteiger partial charge on any atom is -0.333 e. The van der Waals surface area contributed by atoms with E-state index in [-0.39, 0.29) is 12.1 Å². The summed E-state index contributed by atoms with van der Waals surface area (Å²) >= 11 is 1.69. The number of aryl methyl sites for hydroxylation is 1. The molecular formula is C19H19N3OS. The van der Waals surface area contributed by atoms with E-state index < -0.39 is 0 Å². The number of hydrogen-bond donors (Lipinski definition) is 2. The molecule has 0 saturated carbocycles. The molecule has 0 aliphatic carbocycles. The highest BCUT2D eigenvalue weighted by Gasteiger charge is 2.16. The first-order chi connectivity index (χ1) is 11.7. The van der Waals surface area contributed by atoms with Crippen LogP contribution in [0, 0.1) is 6.92 Å². The Labute approximate surface area is 145 Å². The van der Waals surface area contributed by atoms with E-state index in [0.717, 1.165) is 16.0 Å². The molecule has 0 unspecified atom stereocenters. The number of hydrogen-bond acceptors (Lipinski definition) is 3. The maximum atomic E-state index is 12.3. The fraction of sp³-hybridized carbons (Fsp3) is 0.158. The monoisotopic (exact) mass is 337 g/mol. The molecular weight excluding hydrogens is 318 g/mol. The summed E-state index contributed by atoms with van der Waals surface area (Å²) in [6, 6.07) is 17.5. The third kappa shape index (κ3) is 4.20. The van der Waals surface area contributed by atoms with Crippen LogP contribution in [-0.4, -0.2) is 11.0 Å². The predicted molar refractivity (Wildman–Crippen MR) is 96.9 cm³/mol. The summed E-state index contributed by atoms with van der Waals surface area (Å²) in [6.45, 7) is 2.59. The number of rotatable bonds is 5. The van der Waals surface area contributed by atoms with Gasteiger partial charge in [0.2, 0.25) is 0 Å². The summed E-state index contributed by atoms with van der Waals surface area (Å²) in [5, 5.41) is 5.98. The van der Waals surface area contributed by atoms with Crippen LogP contribution in [0.5, 0.6) is 0 Å². The zero-order chi connectivity index (χ0) is 16.8. The fourth-order valence-electron chi connectivity index (χ4n) is 2.49. The molecule has 1 atom stereocenters. The first-order valence-corrected chi connectivity index (χ1v) is 8.58. The second kappa shape index (κ2) is 7.75. The fourth-order valence-corrected chi connectivity index (χ4v) is 3.32. The molecule has 3 aromatic rings. The van der Waals surface area contributed by atoms with E-state index in [0.29, 0.717) is 6.54 Å². The highest BCUT2D eigenvalue weighted by molar-refractivity contribution is 7.11. The predicted octanol–water partition coefficient (Wildman–Crippen LogP) is 4.04. The van der Waals surface area contributed by atoms with E-state index in [2.05, 4.69) is 28.6 Å². The standard InChI is InChI=1S/C19H19N3OS/c1-14-7-8-17(24-14)13-21-19(23)22-18(15-5-3-2-4-6-15)16-9-11-20-12-10-16/h2-12,18H,13H2,1H3,(H2,21,22,23)/t18-/m0/s1. The Morgan fingerprint density at radius 3 is 2.42 bits per heavy atom. The zero-order valence-corrected chi connectivity index (χ0v) is 14.2.